The van der Waals surface area contributed by atoms with Crippen molar-refractivity contribution in [2.45, 2.75) is 65.5 Å². The number of nitrogens with two attached hydrogens (primary N) is 1. The molecule has 0 spiro atoms. The Morgan fingerprint density at radius 1 is 1.11 bits per heavy atom. The van der Waals surface area contributed by atoms with Crippen LogP contribution in [-0.2, 0) is 4.74 Å². The summed E-state index contributed by atoms with van der Waals surface area (Å²) < 4.78 is 5.19. The Hall–Kier alpha value is -0.120. The third kappa shape index (κ3) is 3.94. The Morgan fingerprint density at radius 2 is 1.61 bits per heavy atom. The first kappa shape index (κ1) is 17.9. The fourth-order valence-corrected chi connectivity index (χ4v) is 3.25. The van der Waals surface area contributed by atoms with Gasteiger partial charge in [-0.15, -0.1) is 0 Å². The average Bonchev–Trinajstić information content (AvgIpc) is 2.41. The zero-order valence-corrected chi connectivity index (χ0v) is 13.3. The Bertz CT molecular complexity index is 201. The highest BCUT2D eigenvalue weighted by Crippen LogP contribution is 2.31. The topological polar surface area (TPSA) is 38.5 Å². The van der Waals surface area contributed by atoms with Crippen LogP contribution in [0.4, 0.5) is 0 Å². The molecule has 0 fully saturated rings. The lowest BCUT2D eigenvalue weighted by Crippen LogP contribution is -2.61. The van der Waals surface area contributed by atoms with Gasteiger partial charge in [0.1, 0.15) is 0 Å². The minimum atomic E-state index is 0.136. The number of ether oxygens (including phenoxy) is 1. The van der Waals surface area contributed by atoms with Gasteiger partial charge in [0.15, 0.2) is 0 Å². The fraction of sp³-hybridized carbons (Fsp3) is 1.00. The van der Waals surface area contributed by atoms with Gasteiger partial charge in [-0.1, -0.05) is 34.6 Å². The van der Waals surface area contributed by atoms with E-state index in [1.54, 1.807) is 7.11 Å². The summed E-state index contributed by atoms with van der Waals surface area (Å²) in [6, 6.07) is 0.211. The molecule has 0 aliphatic heterocycles. The van der Waals surface area contributed by atoms with Gasteiger partial charge in [-0.3, -0.25) is 4.90 Å². The van der Waals surface area contributed by atoms with E-state index in [4.69, 9.17) is 10.5 Å². The van der Waals surface area contributed by atoms with Crippen molar-refractivity contribution in [2.75, 3.05) is 26.8 Å². The van der Waals surface area contributed by atoms with Gasteiger partial charge in [0, 0.05) is 25.3 Å². The quantitative estimate of drug-likeness (QED) is 0.655. The van der Waals surface area contributed by atoms with Crippen molar-refractivity contribution in [1.29, 1.82) is 0 Å². The van der Waals surface area contributed by atoms with Crippen molar-refractivity contribution in [1.82, 2.24) is 4.90 Å². The van der Waals surface area contributed by atoms with Crippen molar-refractivity contribution in [3.05, 3.63) is 0 Å². The van der Waals surface area contributed by atoms with Crippen LogP contribution in [0.25, 0.3) is 0 Å². The number of hydrogen-bond acceptors (Lipinski definition) is 3. The predicted molar refractivity (Wildman–Crippen MR) is 79.9 cm³/mol. The highest BCUT2D eigenvalue weighted by molar-refractivity contribution is 4.99. The van der Waals surface area contributed by atoms with E-state index in [1.165, 1.54) is 0 Å². The Morgan fingerprint density at radius 3 is 1.94 bits per heavy atom. The van der Waals surface area contributed by atoms with E-state index in [1.807, 2.05) is 0 Å². The molecule has 0 aromatic rings. The van der Waals surface area contributed by atoms with Gasteiger partial charge in [0.2, 0.25) is 0 Å². The molecule has 2 unspecified atom stereocenters. The van der Waals surface area contributed by atoms with Crippen molar-refractivity contribution in [3.8, 4) is 0 Å². The third-order valence-corrected chi connectivity index (χ3v) is 4.63. The predicted octanol–water partition coefficient (Wildman–Crippen LogP) is 2.89. The number of likely N-dealkylation sites (N-methyl/N-ethyl adjacent to an activating group) is 1. The maximum absolute atomic E-state index is 6.61. The lowest BCUT2D eigenvalue weighted by Gasteiger charge is -2.48. The van der Waals surface area contributed by atoms with Crippen molar-refractivity contribution < 1.29 is 4.74 Å². The smallest absolute Gasteiger partial charge is 0.0465 e. The molecule has 0 saturated heterocycles. The van der Waals surface area contributed by atoms with E-state index in [-0.39, 0.29) is 11.6 Å². The summed E-state index contributed by atoms with van der Waals surface area (Å²) in [7, 11) is 1.76. The summed E-state index contributed by atoms with van der Waals surface area (Å²) in [5, 5.41) is 0. The van der Waals surface area contributed by atoms with E-state index < -0.39 is 0 Å². The molecule has 0 amide bonds. The van der Waals surface area contributed by atoms with Crippen molar-refractivity contribution >= 4 is 0 Å². The summed E-state index contributed by atoms with van der Waals surface area (Å²) in [5.74, 6) is 0.491. The van der Waals surface area contributed by atoms with Gasteiger partial charge in [0.05, 0.1) is 0 Å². The number of methoxy groups -OCH3 is 1. The zero-order chi connectivity index (χ0) is 14.2. The second kappa shape index (κ2) is 8.89. The molecular formula is C15H34N2O. The molecule has 0 aliphatic rings. The number of hydrogen-bond donors (Lipinski definition) is 1. The van der Waals surface area contributed by atoms with Crippen LogP contribution in [0.3, 0.4) is 0 Å². The van der Waals surface area contributed by atoms with Gasteiger partial charge in [0.25, 0.3) is 0 Å². The van der Waals surface area contributed by atoms with Crippen LogP contribution in [0.5, 0.6) is 0 Å². The minimum absolute atomic E-state index is 0.136. The molecule has 3 heteroatoms. The molecule has 0 heterocycles. The largest absolute Gasteiger partial charge is 0.385 e. The molecular weight excluding hydrogens is 224 g/mol. The molecule has 0 saturated carbocycles. The molecule has 0 aromatic carbocycles. The zero-order valence-electron chi connectivity index (χ0n) is 13.3. The second-order valence-corrected chi connectivity index (χ2v) is 5.27. The van der Waals surface area contributed by atoms with E-state index in [0.29, 0.717) is 5.92 Å². The fourth-order valence-electron chi connectivity index (χ4n) is 3.25. The van der Waals surface area contributed by atoms with Crippen molar-refractivity contribution in [2.24, 2.45) is 11.7 Å². The molecule has 0 bridgehead atoms. The van der Waals surface area contributed by atoms with Gasteiger partial charge < -0.3 is 10.5 Å². The Balaban J connectivity index is 4.95. The van der Waals surface area contributed by atoms with Crippen LogP contribution in [0.2, 0.25) is 0 Å². The van der Waals surface area contributed by atoms with Gasteiger partial charge in [-0.25, -0.2) is 0 Å². The number of nitrogens with zero attached hydrogens (tertiary/aromatic N) is 1. The van der Waals surface area contributed by atoms with E-state index >= 15 is 0 Å². The number of rotatable bonds is 10. The summed E-state index contributed by atoms with van der Waals surface area (Å²) >= 11 is 0. The van der Waals surface area contributed by atoms with E-state index in [9.17, 15) is 0 Å². The lowest BCUT2D eigenvalue weighted by atomic mass is 9.76. The maximum Gasteiger partial charge on any atom is 0.0465 e. The molecule has 18 heavy (non-hydrogen) atoms. The Labute approximate surface area is 114 Å². The molecule has 2 atom stereocenters. The maximum atomic E-state index is 6.61. The lowest BCUT2D eigenvalue weighted by molar-refractivity contribution is 0.0383. The summed E-state index contributed by atoms with van der Waals surface area (Å²) in [6.45, 7) is 14.2. The van der Waals surface area contributed by atoms with E-state index in [2.05, 4.69) is 39.5 Å². The Kier molecular flexibility index (Phi) is 8.83. The molecule has 0 rings (SSSR count). The minimum Gasteiger partial charge on any atom is -0.385 e. The molecule has 2 N–H and O–H groups in total. The van der Waals surface area contributed by atoms with Crippen LogP contribution in [0, 0.1) is 5.92 Å². The van der Waals surface area contributed by atoms with Crippen LogP contribution in [-0.4, -0.2) is 43.3 Å². The first-order valence-corrected chi connectivity index (χ1v) is 7.53. The van der Waals surface area contributed by atoms with E-state index in [0.717, 1.165) is 39.0 Å². The third-order valence-electron chi connectivity index (χ3n) is 4.63. The van der Waals surface area contributed by atoms with Gasteiger partial charge in [-0.2, -0.15) is 0 Å². The van der Waals surface area contributed by atoms with Crippen LogP contribution in [0.15, 0.2) is 0 Å². The summed E-state index contributed by atoms with van der Waals surface area (Å²) in [6.07, 6.45) is 3.27. The normalized spacial score (nSPS) is 16.0. The second-order valence-electron chi connectivity index (χ2n) is 5.27. The monoisotopic (exact) mass is 258 g/mol. The van der Waals surface area contributed by atoms with Crippen LogP contribution < -0.4 is 5.73 Å². The van der Waals surface area contributed by atoms with Gasteiger partial charge >= 0.3 is 0 Å². The first-order chi connectivity index (χ1) is 8.53. The standard InChI is InChI=1S/C15H34N2O/c1-7-15(8-2,17(9-3)10-4)14(16)13(5)11-12-18-6/h13-14H,7-12,16H2,1-6H3. The van der Waals surface area contributed by atoms with Crippen LogP contribution >= 0.6 is 0 Å². The highest BCUT2D eigenvalue weighted by atomic mass is 16.5. The molecule has 0 aromatic heterocycles. The van der Waals surface area contributed by atoms with Crippen LogP contribution in [0.1, 0.15) is 53.9 Å². The SMILES string of the molecule is CCN(CC)C(CC)(CC)C(N)C(C)CCOC. The first-order valence-electron chi connectivity index (χ1n) is 7.53. The molecule has 0 radical (unpaired) electrons. The molecule has 0 aliphatic carbocycles. The summed E-state index contributed by atoms with van der Waals surface area (Å²) in [4.78, 5) is 2.54. The molecule has 3 nitrogen and oxygen atoms in total. The average molecular weight is 258 g/mol. The molecule has 110 valence electrons. The van der Waals surface area contributed by atoms with Crippen molar-refractivity contribution in [3.63, 3.8) is 0 Å². The van der Waals surface area contributed by atoms with Gasteiger partial charge in [-0.05, 0) is 38.3 Å². The highest BCUT2D eigenvalue weighted by Gasteiger charge is 2.39. The summed E-state index contributed by atoms with van der Waals surface area (Å²) in [5.41, 5.74) is 6.75.